The van der Waals surface area contributed by atoms with Crippen LogP contribution in [0.4, 0.5) is 0 Å². The molecule has 1 aromatic carbocycles. The Balaban J connectivity index is 2.25. The molecule has 26 heavy (non-hydrogen) atoms. The second-order valence-corrected chi connectivity index (χ2v) is 6.54. The van der Waals surface area contributed by atoms with E-state index in [4.69, 9.17) is 0 Å². The number of imide groups is 1. The minimum Gasteiger partial charge on any atom is -0.293 e. The van der Waals surface area contributed by atoms with Crippen molar-refractivity contribution in [3.8, 4) is 6.07 Å². The summed E-state index contributed by atoms with van der Waals surface area (Å²) in [7, 11) is 0. The summed E-state index contributed by atoms with van der Waals surface area (Å²) in [6.45, 7) is 3.42. The topological polar surface area (TPSA) is 104 Å². The molecule has 6 heteroatoms. The number of nitriles is 1. The fraction of sp³-hybridized carbons (Fsp3) is 0.250. The first kappa shape index (κ1) is 17.5. The molecule has 1 aliphatic heterocycles. The quantitative estimate of drug-likeness (QED) is 0.289. The SMILES string of the molecule is CC(C)C(=O)/C(C#N)=C1/C/C(=C2\C(=O)CC(=O)NC2=O)c2ccccc21. The number of carbonyl (C=O) groups is 4. The van der Waals surface area contributed by atoms with Gasteiger partial charge in [0.1, 0.15) is 6.07 Å². The average Bonchev–Trinajstić information content (AvgIpc) is 2.94. The summed E-state index contributed by atoms with van der Waals surface area (Å²) < 4.78 is 0. The molecule has 1 aliphatic carbocycles. The van der Waals surface area contributed by atoms with Crippen LogP contribution in [-0.4, -0.2) is 23.4 Å². The molecule has 0 bridgehead atoms. The molecule has 3 rings (SSSR count). The van der Waals surface area contributed by atoms with Crippen molar-refractivity contribution < 1.29 is 19.2 Å². The third-order valence-electron chi connectivity index (χ3n) is 4.50. The Morgan fingerprint density at radius 2 is 1.77 bits per heavy atom. The van der Waals surface area contributed by atoms with Gasteiger partial charge in [-0.1, -0.05) is 38.1 Å². The molecule has 1 N–H and O–H groups in total. The zero-order valence-corrected chi connectivity index (χ0v) is 14.4. The van der Waals surface area contributed by atoms with Crippen LogP contribution in [0.15, 0.2) is 35.4 Å². The number of amides is 2. The van der Waals surface area contributed by atoms with Crippen molar-refractivity contribution in [1.29, 1.82) is 5.26 Å². The maximum absolute atomic E-state index is 12.4. The molecule has 1 saturated heterocycles. The molecule has 1 heterocycles. The van der Waals surface area contributed by atoms with Gasteiger partial charge in [0.15, 0.2) is 11.6 Å². The summed E-state index contributed by atoms with van der Waals surface area (Å²) in [5.41, 5.74) is 2.25. The molecule has 2 amide bonds. The van der Waals surface area contributed by atoms with Crippen LogP contribution < -0.4 is 5.32 Å². The molecular weight excluding hydrogens is 332 g/mol. The fourth-order valence-electron chi connectivity index (χ4n) is 3.28. The highest BCUT2D eigenvalue weighted by Crippen LogP contribution is 2.44. The van der Waals surface area contributed by atoms with E-state index in [1.165, 1.54) is 0 Å². The molecule has 0 saturated carbocycles. The van der Waals surface area contributed by atoms with Crippen LogP contribution in [0.5, 0.6) is 0 Å². The first-order chi connectivity index (χ1) is 12.3. The van der Waals surface area contributed by atoms with Gasteiger partial charge < -0.3 is 0 Å². The minimum absolute atomic E-state index is 0.0443. The van der Waals surface area contributed by atoms with Crippen molar-refractivity contribution in [2.75, 3.05) is 0 Å². The van der Waals surface area contributed by atoms with Crippen LogP contribution in [0.25, 0.3) is 11.1 Å². The van der Waals surface area contributed by atoms with Crippen LogP contribution in [0.1, 0.15) is 37.8 Å². The summed E-state index contributed by atoms with van der Waals surface area (Å²) in [5.74, 6) is -2.53. The summed E-state index contributed by atoms with van der Waals surface area (Å²) in [5, 5.41) is 11.7. The Morgan fingerprint density at radius 3 is 2.35 bits per heavy atom. The van der Waals surface area contributed by atoms with Crippen LogP contribution in [0.2, 0.25) is 0 Å². The highest BCUT2D eigenvalue weighted by molar-refractivity contribution is 6.34. The van der Waals surface area contributed by atoms with Gasteiger partial charge in [0.25, 0.3) is 5.91 Å². The molecule has 1 fully saturated rings. The maximum atomic E-state index is 12.4. The van der Waals surface area contributed by atoms with E-state index in [0.717, 1.165) is 0 Å². The third-order valence-corrected chi connectivity index (χ3v) is 4.50. The fourth-order valence-corrected chi connectivity index (χ4v) is 3.28. The number of rotatable bonds is 2. The number of hydrogen-bond donors (Lipinski definition) is 1. The molecule has 0 radical (unpaired) electrons. The number of allylic oxidation sites excluding steroid dienone is 3. The van der Waals surface area contributed by atoms with Crippen molar-refractivity contribution >= 4 is 34.5 Å². The van der Waals surface area contributed by atoms with Gasteiger partial charge in [0.2, 0.25) is 5.91 Å². The number of nitrogens with zero attached hydrogens (tertiary/aromatic N) is 1. The minimum atomic E-state index is -0.731. The summed E-state index contributed by atoms with van der Waals surface area (Å²) >= 11 is 0. The van der Waals surface area contributed by atoms with Crippen molar-refractivity contribution in [2.24, 2.45) is 5.92 Å². The van der Waals surface area contributed by atoms with Gasteiger partial charge in [0, 0.05) is 12.3 Å². The Bertz CT molecular complexity index is 952. The number of Topliss-reactive ketones (excluding diaryl/α,β-unsaturated/α-hetero) is 2. The van der Waals surface area contributed by atoms with E-state index in [1.807, 2.05) is 6.07 Å². The highest BCUT2D eigenvalue weighted by atomic mass is 16.2. The van der Waals surface area contributed by atoms with Gasteiger partial charge >= 0.3 is 0 Å². The summed E-state index contributed by atoms with van der Waals surface area (Å²) in [6, 6.07) is 9.03. The van der Waals surface area contributed by atoms with Crippen LogP contribution in [0.3, 0.4) is 0 Å². The van der Waals surface area contributed by atoms with E-state index in [0.29, 0.717) is 22.3 Å². The molecule has 2 aliphatic rings. The van der Waals surface area contributed by atoms with E-state index in [1.54, 1.807) is 38.1 Å². The third kappa shape index (κ3) is 2.78. The second-order valence-electron chi connectivity index (χ2n) is 6.54. The number of carbonyl (C=O) groups excluding carboxylic acids is 4. The van der Waals surface area contributed by atoms with Gasteiger partial charge in [-0.15, -0.1) is 0 Å². The number of piperidine rings is 1. The molecule has 0 spiro atoms. The molecule has 0 aromatic heterocycles. The lowest BCUT2D eigenvalue weighted by Crippen LogP contribution is -2.41. The van der Waals surface area contributed by atoms with Crippen molar-refractivity contribution in [3.63, 3.8) is 0 Å². The molecule has 0 unspecified atom stereocenters. The second kappa shape index (κ2) is 6.52. The number of benzene rings is 1. The van der Waals surface area contributed by atoms with E-state index >= 15 is 0 Å². The van der Waals surface area contributed by atoms with Crippen molar-refractivity contribution in [2.45, 2.75) is 26.7 Å². The molecule has 130 valence electrons. The zero-order valence-electron chi connectivity index (χ0n) is 14.4. The Morgan fingerprint density at radius 1 is 1.12 bits per heavy atom. The Hall–Kier alpha value is -3.33. The van der Waals surface area contributed by atoms with Crippen LogP contribution in [0, 0.1) is 17.2 Å². The molecule has 1 aromatic rings. The summed E-state index contributed by atoms with van der Waals surface area (Å²) in [4.78, 5) is 48.4. The van der Waals surface area contributed by atoms with E-state index in [-0.39, 0.29) is 35.7 Å². The van der Waals surface area contributed by atoms with E-state index in [2.05, 4.69) is 5.32 Å². The van der Waals surface area contributed by atoms with Crippen molar-refractivity contribution in [1.82, 2.24) is 5.32 Å². The lowest BCUT2D eigenvalue weighted by atomic mass is 9.93. The number of fused-ring (bicyclic) bond motifs is 1. The number of ketones is 2. The standard InChI is InChI=1S/C20H16N2O4/c1-10(2)19(25)15(9-21)13-7-14(12-6-4-3-5-11(12)13)18-16(23)8-17(24)22-20(18)26/h3-6,10H,7-8H2,1-2H3,(H,22,24,26)/b15-13-,18-14-. The summed E-state index contributed by atoms with van der Waals surface area (Å²) in [6.07, 6.45) is -0.259. The number of nitrogens with one attached hydrogen (secondary N) is 1. The Labute approximate surface area is 150 Å². The molecule has 0 atom stereocenters. The highest BCUT2D eigenvalue weighted by Gasteiger charge is 2.36. The van der Waals surface area contributed by atoms with E-state index in [9.17, 15) is 24.4 Å². The Kier molecular flexibility index (Phi) is 4.39. The normalized spacial score (nSPS) is 21.4. The van der Waals surface area contributed by atoms with Crippen LogP contribution >= 0.6 is 0 Å². The smallest absolute Gasteiger partial charge is 0.261 e. The van der Waals surface area contributed by atoms with Gasteiger partial charge in [-0.2, -0.15) is 5.26 Å². The van der Waals surface area contributed by atoms with Gasteiger partial charge in [-0.25, -0.2) is 0 Å². The first-order valence-corrected chi connectivity index (χ1v) is 8.23. The van der Waals surface area contributed by atoms with Gasteiger partial charge in [-0.3, -0.25) is 24.5 Å². The average molecular weight is 348 g/mol. The largest absolute Gasteiger partial charge is 0.293 e. The van der Waals surface area contributed by atoms with Gasteiger partial charge in [-0.05, 0) is 22.3 Å². The monoisotopic (exact) mass is 348 g/mol. The number of hydrogen-bond acceptors (Lipinski definition) is 5. The predicted molar refractivity (Wildman–Crippen MR) is 93.1 cm³/mol. The van der Waals surface area contributed by atoms with Crippen molar-refractivity contribution in [3.05, 3.63) is 46.5 Å². The molecular formula is C20H16N2O4. The lowest BCUT2D eigenvalue weighted by Gasteiger charge is -2.15. The maximum Gasteiger partial charge on any atom is 0.261 e. The van der Waals surface area contributed by atoms with Gasteiger partial charge in [0.05, 0.1) is 17.6 Å². The van der Waals surface area contributed by atoms with E-state index < -0.39 is 17.6 Å². The lowest BCUT2D eigenvalue weighted by molar-refractivity contribution is -0.134. The first-order valence-electron chi connectivity index (χ1n) is 8.23. The van der Waals surface area contributed by atoms with Crippen LogP contribution in [-0.2, 0) is 19.2 Å². The zero-order chi connectivity index (χ0) is 19.0. The molecule has 6 nitrogen and oxygen atoms in total. The predicted octanol–water partition coefficient (Wildman–Crippen LogP) is 1.96.